The van der Waals surface area contributed by atoms with Crippen molar-refractivity contribution in [2.24, 2.45) is 5.10 Å². The topological polar surface area (TPSA) is 96.1 Å². The zero-order valence-electron chi connectivity index (χ0n) is 14.7. The number of carbonyl (C=O) groups is 1. The van der Waals surface area contributed by atoms with Gasteiger partial charge in [0.05, 0.1) is 13.2 Å². The van der Waals surface area contributed by atoms with Crippen LogP contribution in [0.3, 0.4) is 0 Å². The molecule has 1 aliphatic heterocycles. The largest absolute Gasteiger partial charge is 0.445 e. The summed E-state index contributed by atoms with van der Waals surface area (Å²) in [5, 5.41) is 4.07. The van der Waals surface area contributed by atoms with Gasteiger partial charge < -0.3 is 19.0 Å². The number of fused-ring (bicyclic) bond motifs is 1. The van der Waals surface area contributed by atoms with E-state index in [-0.39, 0.29) is 11.7 Å². The molecule has 3 heterocycles. The van der Waals surface area contributed by atoms with Crippen LogP contribution in [0.5, 0.6) is 0 Å². The third-order valence-corrected chi connectivity index (χ3v) is 3.72. The number of hydrogen-bond acceptors (Lipinski definition) is 8. The van der Waals surface area contributed by atoms with Gasteiger partial charge in [-0.05, 0) is 6.42 Å². The van der Waals surface area contributed by atoms with Gasteiger partial charge in [-0.3, -0.25) is 4.79 Å². The Morgan fingerprint density at radius 2 is 2.16 bits per heavy atom. The van der Waals surface area contributed by atoms with E-state index in [4.69, 9.17) is 9.15 Å². The molecule has 1 fully saturated rings. The minimum absolute atomic E-state index is 0.218. The molecule has 0 aliphatic carbocycles. The van der Waals surface area contributed by atoms with Gasteiger partial charge in [0.15, 0.2) is 17.2 Å². The Morgan fingerprint density at radius 1 is 1.40 bits per heavy atom. The Morgan fingerprint density at radius 3 is 2.84 bits per heavy atom. The average molecular weight is 346 g/mol. The number of nitrogens with zero attached hydrogens (tertiary/aromatic N) is 5. The van der Waals surface area contributed by atoms with Gasteiger partial charge in [-0.1, -0.05) is 6.92 Å². The van der Waals surface area contributed by atoms with Crippen LogP contribution in [-0.4, -0.2) is 67.4 Å². The second kappa shape index (κ2) is 7.47. The van der Waals surface area contributed by atoms with E-state index < -0.39 is 0 Å². The number of furan rings is 1. The highest BCUT2D eigenvalue weighted by atomic mass is 16.5. The molecule has 2 aromatic rings. The maximum absolute atomic E-state index is 12.2. The molecule has 1 amide bonds. The van der Waals surface area contributed by atoms with Crippen LogP contribution in [0, 0.1) is 0 Å². The Kier molecular flexibility index (Phi) is 5.13. The van der Waals surface area contributed by atoms with Crippen molar-refractivity contribution in [3.8, 4) is 0 Å². The van der Waals surface area contributed by atoms with E-state index in [9.17, 15) is 4.79 Å². The van der Waals surface area contributed by atoms with Crippen LogP contribution in [-0.2, 0) is 4.74 Å². The van der Waals surface area contributed by atoms with E-state index >= 15 is 0 Å². The third kappa shape index (κ3) is 3.71. The van der Waals surface area contributed by atoms with Gasteiger partial charge in [0.25, 0.3) is 5.91 Å². The molecule has 1 saturated heterocycles. The summed E-state index contributed by atoms with van der Waals surface area (Å²) in [5.41, 5.74) is 3.89. The number of carbonyl (C=O) groups excluding carboxylic acids is 1. The SMILES string of the molecule is CC/C=N/Nc1nc(N2CCOCC2)c2oc(C(=O)N(C)C)cc2n1. The fourth-order valence-corrected chi connectivity index (χ4v) is 2.47. The summed E-state index contributed by atoms with van der Waals surface area (Å²) in [4.78, 5) is 24.7. The lowest BCUT2D eigenvalue weighted by molar-refractivity contribution is 0.0799. The van der Waals surface area contributed by atoms with Gasteiger partial charge in [0.1, 0.15) is 5.52 Å². The minimum atomic E-state index is -0.218. The molecule has 0 saturated carbocycles. The fraction of sp³-hybridized carbons (Fsp3) is 0.500. The monoisotopic (exact) mass is 346 g/mol. The van der Waals surface area contributed by atoms with Crippen LogP contribution in [0.4, 0.5) is 11.8 Å². The molecular formula is C16H22N6O3. The van der Waals surface area contributed by atoms with Gasteiger partial charge >= 0.3 is 0 Å². The third-order valence-electron chi connectivity index (χ3n) is 3.72. The van der Waals surface area contributed by atoms with E-state index in [1.165, 1.54) is 4.90 Å². The van der Waals surface area contributed by atoms with Gasteiger partial charge in [0.2, 0.25) is 5.95 Å². The molecule has 0 spiro atoms. The predicted octanol–water partition coefficient (Wildman–Crippen LogP) is 1.57. The van der Waals surface area contributed by atoms with Crippen molar-refractivity contribution < 1.29 is 13.9 Å². The molecule has 0 bridgehead atoms. The number of ether oxygens (including phenoxy) is 1. The van der Waals surface area contributed by atoms with Crippen molar-refractivity contribution in [1.82, 2.24) is 14.9 Å². The van der Waals surface area contributed by atoms with Crippen molar-refractivity contribution in [3.05, 3.63) is 11.8 Å². The Bertz CT molecular complexity index is 780. The lowest BCUT2D eigenvalue weighted by Gasteiger charge is -2.27. The number of aromatic nitrogens is 2. The lowest BCUT2D eigenvalue weighted by Crippen LogP contribution is -2.37. The van der Waals surface area contributed by atoms with Crippen LogP contribution in [0.25, 0.3) is 11.1 Å². The van der Waals surface area contributed by atoms with Crippen LogP contribution in [0.2, 0.25) is 0 Å². The smallest absolute Gasteiger partial charge is 0.289 e. The van der Waals surface area contributed by atoms with Gasteiger partial charge in [-0.25, -0.2) is 10.4 Å². The number of morpholine rings is 1. The van der Waals surface area contributed by atoms with Gasteiger partial charge in [-0.2, -0.15) is 10.1 Å². The fourth-order valence-electron chi connectivity index (χ4n) is 2.47. The van der Waals surface area contributed by atoms with Crippen molar-refractivity contribution in [2.75, 3.05) is 50.7 Å². The molecule has 25 heavy (non-hydrogen) atoms. The quantitative estimate of drug-likeness (QED) is 0.648. The number of amides is 1. The summed E-state index contributed by atoms with van der Waals surface area (Å²) >= 11 is 0. The molecule has 0 unspecified atom stereocenters. The number of anilines is 2. The second-order valence-corrected chi connectivity index (χ2v) is 5.83. The van der Waals surface area contributed by atoms with Crippen molar-refractivity contribution in [3.63, 3.8) is 0 Å². The first-order valence-electron chi connectivity index (χ1n) is 8.23. The Hall–Kier alpha value is -2.68. The predicted molar refractivity (Wildman–Crippen MR) is 95.3 cm³/mol. The molecule has 9 nitrogen and oxygen atoms in total. The molecule has 134 valence electrons. The standard InChI is InChI=1S/C16H22N6O3/c1-4-5-17-20-16-18-11-10-12(15(23)21(2)3)25-13(11)14(19-16)22-6-8-24-9-7-22/h5,10H,4,6-9H2,1-3H3,(H,18,19,20)/b17-5+. The van der Waals surface area contributed by atoms with Gasteiger partial charge in [0, 0.05) is 39.5 Å². The van der Waals surface area contributed by atoms with Crippen LogP contribution >= 0.6 is 0 Å². The van der Waals surface area contributed by atoms with E-state index in [2.05, 4.69) is 25.4 Å². The summed E-state index contributed by atoms with van der Waals surface area (Å²) in [5.74, 6) is 1.02. The lowest BCUT2D eigenvalue weighted by atomic mass is 10.3. The van der Waals surface area contributed by atoms with Crippen molar-refractivity contribution in [2.45, 2.75) is 13.3 Å². The van der Waals surface area contributed by atoms with E-state index in [1.807, 2.05) is 6.92 Å². The minimum Gasteiger partial charge on any atom is -0.445 e. The number of hydrogen-bond donors (Lipinski definition) is 1. The molecule has 0 aromatic carbocycles. The highest BCUT2D eigenvalue weighted by molar-refractivity contribution is 5.97. The normalized spacial score (nSPS) is 15.1. The Balaban J connectivity index is 2.04. The number of nitrogens with one attached hydrogen (secondary N) is 1. The van der Waals surface area contributed by atoms with E-state index in [0.29, 0.717) is 49.2 Å². The number of rotatable bonds is 5. The summed E-state index contributed by atoms with van der Waals surface area (Å²) in [6.07, 6.45) is 2.54. The Labute approximate surface area is 145 Å². The molecule has 0 radical (unpaired) electrons. The summed E-state index contributed by atoms with van der Waals surface area (Å²) in [6, 6.07) is 1.64. The molecule has 1 aliphatic rings. The van der Waals surface area contributed by atoms with Crippen LogP contribution in [0.15, 0.2) is 15.6 Å². The molecule has 9 heteroatoms. The molecule has 1 N–H and O–H groups in total. The second-order valence-electron chi connectivity index (χ2n) is 5.83. The molecule has 0 atom stereocenters. The first kappa shape index (κ1) is 17.2. The summed E-state index contributed by atoms with van der Waals surface area (Å²) in [6.45, 7) is 4.62. The first-order valence-corrected chi connectivity index (χ1v) is 8.23. The highest BCUT2D eigenvalue weighted by Gasteiger charge is 2.23. The highest BCUT2D eigenvalue weighted by Crippen LogP contribution is 2.29. The zero-order valence-corrected chi connectivity index (χ0v) is 14.7. The maximum Gasteiger partial charge on any atom is 0.289 e. The summed E-state index contributed by atoms with van der Waals surface area (Å²) < 4.78 is 11.2. The number of hydrazone groups is 1. The van der Waals surface area contributed by atoms with Gasteiger partial charge in [-0.15, -0.1) is 0 Å². The van der Waals surface area contributed by atoms with Crippen molar-refractivity contribution in [1.29, 1.82) is 0 Å². The molecular weight excluding hydrogens is 324 g/mol. The molecule has 2 aromatic heterocycles. The van der Waals surface area contributed by atoms with Crippen LogP contribution in [0.1, 0.15) is 23.9 Å². The summed E-state index contributed by atoms with van der Waals surface area (Å²) in [7, 11) is 3.35. The van der Waals surface area contributed by atoms with E-state index in [0.717, 1.165) is 6.42 Å². The van der Waals surface area contributed by atoms with Crippen molar-refractivity contribution >= 4 is 35.0 Å². The first-order chi connectivity index (χ1) is 12.1. The average Bonchev–Trinajstić information content (AvgIpc) is 3.05. The molecule has 3 rings (SSSR count). The maximum atomic E-state index is 12.2. The zero-order chi connectivity index (χ0) is 17.8. The van der Waals surface area contributed by atoms with E-state index in [1.54, 1.807) is 26.4 Å². The van der Waals surface area contributed by atoms with Crippen LogP contribution < -0.4 is 10.3 Å².